The molecular formula is C7H5ClF3NO. The summed E-state index contributed by atoms with van der Waals surface area (Å²) in [6.07, 6.45) is -3.61. The lowest BCUT2D eigenvalue weighted by Crippen LogP contribution is -2.09. The van der Waals surface area contributed by atoms with Crippen molar-refractivity contribution in [3.63, 3.8) is 0 Å². The number of halogens is 4. The molecule has 0 aliphatic carbocycles. The first-order valence-electron chi connectivity index (χ1n) is 3.27. The van der Waals surface area contributed by atoms with Crippen LogP contribution in [-0.4, -0.2) is 10.1 Å². The monoisotopic (exact) mass is 211 g/mol. The van der Waals surface area contributed by atoms with Crippen LogP contribution in [0.5, 0.6) is 0 Å². The van der Waals surface area contributed by atoms with E-state index >= 15 is 0 Å². The molecule has 0 radical (unpaired) electrons. The van der Waals surface area contributed by atoms with Crippen LogP contribution in [0, 0.1) is 0 Å². The third-order valence-electron chi connectivity index (χ3n) is 1.35. The minimum absolute atomic E-state index is 0.248. The Hall–Kier alpha value is -0.810. The molecule has 1 aromatic heterocycles. The van der Waals surface area contributed by atoms with E-state index in [2.05, 4.69) is 4.98 Å². The van der Waals surface area contributed by atoms with E-state index in [0.717, 1.165) is 12.3 Å². The summed E-state index contributed by atoms with van der Waals surface area (Å²) in [7, 11) is 0. The first kappa shape index (κ1) is 10.3. The van der Waals surface area contributed by atoms with Crippen LogP contribution in [0.4, 0.5) is 13.2 Å². The molecule has 0 saturated carbocycles. The number of aromatic nitrogens is 1. The van der Waals surface area contributed by atoms with E-state index in [0.29, 0.717) is 0 Å². The van der Waals surface area contributed by atoms with Gasteiger partial charge in [-0.15, -0.1) is 0 Å². The Labute approximate surface area is 77.0 Å². The molecule has 0 aromatic carbocycles. The summed E-state index contributed by atoms with van der Waals surface area (Å²) in [4.78, 5) is 3.10. The summed E-state index contributed by atoms with van der Waals surface area (Å²) in [5.41, 5.74) is -0.885. The molecule has 1 N–H and O–H groups in total. The zero-order valence-electron chi connectivity index (χ0n) is 6.27. The summed E-state index contributed by atoms with van der Waals surface area (Å²) < 4.78 is 36.2. The first-order valence-corrected chi connectivity index (χ1v) is 3.65. The number of pyridine rings is 1. The number of rotatable bonds is 1. The van der Waals surface area contributed by atoms with Gasteiger partial charge in [-0.3, -0.25) is 0 Å². The van der Waals surface area contributed by atoms with Gasteiger partial charge in [-0.2, -0.15) is 13.2 Å². The van der Waals surface area contributed by atoms with Crippen LogP contribution in [0.25, 0.3) is 0 Å². The van der Waals surface area contributed by atoms with Gasteiger partial charge in [0.05, 0.1) is 11.6 Å². The molecule has 0 saturated heterocycles. The molecule has 0 spiro atoms. The lowest BCUT2D eigenvalue weighted by molar-refractivity contribution is -0.141. The lowest BCUT2D eigenvalue weighted by Gasteiger charge is -2.07. The smallest absolute Gasteiger partial charge is 0.392 e. The maximum absolute atomic E-state index is 12.1. The highest BCUT2D eigenvalue weighted by atomic mass is 35.5. The Bertz CT molecular complexity index is 313. The van der Waals surface area contributed by atoms with Crippen LogP contribution >= 0.6 is 11.6 Å². The molecule has 72 valence electrons. The van der Waals surface area contributed by atoms with Gasteiger partial charge in [0, 0.05) is 6.20 Å². The van der Waals surface area contributed by atoms with E-state index < -0.39 is 16.9 Å². The van der Waals surface area contributed by atoms with Gasteiger partial charge >= 0.3 is 6.18 Å². The van der Waals surface area contributed by atoms with Crippen LogP contribution in [0.1, 0.15) is 11.3 Å². The molecule has 13 heavy (non-hydrogen) atoms. The van der Waals surface area contributed by atoms with E-state index in [1.807, 2.05) is 0 Å². The molecule has 6 heteroatoms. The summed E-state index contributed by atoms with van der Waals surface area (Å²) in [5.74, 6) is 0. The molecule has 0 amide bonds. The molecule has 2 nitrogen and oxygen atoms in total. The Kier molecular flexibility index (Phi) is 2.77. The minimum atomic E-state index is -4.55. The molecular weight excluding hydrogens is 207 g/mol. The summed E-state index contributed by atoms with van der Waals surface area (Å²) in [6.45, 7) is -0.384. The van der Waals surface area contributed by atoms with E-state index in [1.54, 1.807) is 0 Å². The molecule has 0 unspecified atom stereocenters. The fourth-order valence-corrected chi connectivity index (χ4v) is 1.07. The van der Waals surface area contributed by atoms with Crippen molar-refractivity contribution in [1.29, 1.82) is 0 Å². The van der Waals surface area contributed by atoms with Gasteiger partial charge in [0.1, 0.15) is 0 Å². The Morgan fingerprint density at radius 1 is 1.46 bits per heavy atom. The van der Waals surface area contributed by atoms with Crippen LogP contribution in [0.2, 0.25) is 5.02 Å². The van der Waals surface area contributed by atoms with Gasteiger partial charge in [0.15, 0.2) is 5.69 Å². The lowest BCUT2D eigenvalue weighted by atomic mass is 10.2. The predicted octanol–water partition coefficient (Wildman–Crippen LogP) is 2.25. The molecule has 0 fully saturated rings. The van der Waals surface area contributed by atoms with Crippen molar-refractivity contribution < 1.29 is 18.3 Å². The van der Waals surface area contributed by atoms with E-state index in [1.165, 1.54) is 0 Å². The maximum atomic E-state index is 12.1. The number of nitrogens with zero attached hydrogens (tertiary/aromatic N) is 1. The van der Waals surface area contributed by atoms with Crippen molar-refractivity contribution in [3.05, 3.63) is 28.5 Å². The topological polar surface area (TPSA) is 33.1 Å². The Balaban J connectivity index is 3.13. The Morgan fingerprint density at radius 2 is 2.08 bits per heavy atom. The van der Waals surface area contributed by atoms with Crippen molar-refractivity contribution in [2.45, 2.75) is 12.8 Å². The van der Waals surface area contributed by atoms with Gasteiger partial charge in [-0.05, 0) is 11.6 Å². The second-order valence-electron chi connectivity index (χ2n) is 2.33. The number of hydrogen-bond donors (Lipinski definition) is 1. The van der Waals surface area contributed by atoms with Crippen LogP contribution < -0.4 is 0 Å². The second kappa shape index (κ2) is 3.51. The second-order valence-corrected chi connectivity index (χ2v) is 2.74. The minimum Gasteiger partial charge on any atom is -0.392 e. The summed E-state index contributed by atoms with van der Waals surface area (Å²) in [5, 5.41) is 8.07. The number of alkyl halides is 3. The third kappa shape index (κ3) is 2.32. The zero-order valence-corrected chi connectivity index (χ0v) is 7.02. The van der Waals surface area contributed by atoms with Crippen molar-refractivity contribution in [1.82, 2.24) is 4.98 Å². The average molecular weight is 212 g/mol. The fourth-order valence-electron chi connectivity index (χ4n) is 0.773. The van der Waals surface area contributed by atoms with Gasteiger partial charge in [-0.1, -0.05) is 11.6 Å². The van der Waals surface area contributed by atoms with Crippen molar-refractivity contribution in [2.75, 3.05) is 0 Å². The first-order chi connectivity index (χ1) is 5.95. The third-order valence-corrected chi connectivity index (χ3v) is 1.64. The van der Waals surface area contributed by atoms with Crippen molar-refractivity contribution in [3.8, 4) is 0 Å². The standard InChI is InChI=1S/C7H5ClF3NO/c8-5-1-4(3-13)2-12-6(5)7(9,10)11/h1-2,13H,3H2. The van der Waals surface area contributed by atoms with E-state index in [9.17, 15) is 13.2 Å². The van der Waals surface area contributed by atoms with Crippen LogP contribution in [0.3, 0.4) is 0 Å². The van der Waals surface area contributed by atoms with Gasteiger partial charge in [0.2, 0.25) is 0 Å². The van der Waals surface area contributed by atoms with Gasteiger partial charge in [-0.25, -0.2) is 4.98 Å². The largest absolute Gasteiger partial charge is 0.434 e. The molecule has 0 aliphatic heterocycles. The number of aliphatic hydroxyl groups is 1. The summed E-state index contributed by atoms with van der Waals surface area (Å²) in [6, 6.07) is 1.04. The summed E-state index contributed by atoms with van der Waals surface area (Å²) >= 11 is 5.30. The van der Waals surface area contributed by atoms with Crippen LogP contribution in [0.15, 0.2) is 12.3 Å². The van der Waals surface area contributed by atoms with Gasteiger partial charge < -0.3 is 5.11 Å². The SMILES string of the molecule is OCc1cnc(C(F)(F)F)c(Cl)c1. The van der Waals surface area contributed by atoms with Crippen LogP contribution in [-0.2, 0) is 12.8 Å². The normalized spacial score (nSPS) is 11.8. The van der Waals surface area contributed by atoms with E-state index in [-0.39, 0.29) is 12.2 Å². The average Bonchev–Trinajstić information content (AvgIpc) is 2.01. The highest BCUT2D eigenvalue weighted by Crippen LogP contribution is 2.32. The maximum Gasteiger partial charge on any atom is 0.434 e. The molecule has 0 atom stereocenters. The Morgan fingerprint density at radius 3 is 2.46 bits per heavy atom. The molecule has 0 bridgehead atoms. The van der Waals surface area contributed by atoms with E-state index in [4.69, 9.17) is 16.7 Å². The predicted molar refractivity (Wildman–Crippen MR) is 40.2 cm³/mol. The number of hydrogen-bond acceptors (Lipinski definition) is 2. The highest BCUT2D eigenvalue weighted by molar-refractivity contribution is 6.31. The van der Waals surface area contributed by atoms with Gasteiger partial charge in [0.25, 0.3) is 0 Å². The molecule has 0 aliphatic rings. The van der Waals surface area contributed by atoms with Crippen molar-refractivity contribution in [2.24, 2.45) is 0 Å². The number of aliphatic hydroxyl groups excluding tert-OH is 1. The molecule has 1 heterocycles. The molecule has 1 rings (SSSR count). The molecule has 1 aromatic rings. The highest BCUT2D eigenvalue weighted by Gasteiger charge is 2.35. The fraction of sp³-hybridized carbons (Fsp3) is 0.286. The quantitative estimate of drug-likeness (QED) is 0.773. The van der Waals surface area contributed by atoms with Crippen molar-refractivity contribution >= 4 is 11.6 Å². The zero-order chi connectivity index (χ0) is 10.1.